The molecule has 1 unspecified atom stereocenters. The number of nitrogens with one attached hydrogen (secondary N) is 3. The fraction of sp³-hybridized carbons (Fsp3) is 0.200. The number of benzene rings is 2. The molecule has 1 fully saturated rings. The Kier molecular flexibility index (Phi) is 6.06. The van der Waals surface area contributed by atoms with E-state index < -0.39 is 29.5 Å². The lowest BCUT2D eigenvalue weighted by molar-refractivity contribution is -0.132. The van der Waals surface area contributed by atoms with Crippen molar-refractivity contribution in [2.24, 2.45) is 0 Å². The fourth-order valence-corrected chi connectivity index (χ4v) is 3.22. The number of aromatic carboxylic acids is 1. The average Bonchev–Trinajstić information content (AvgIpc) is 2.92. The van der Waals surface area contributed by atoms with Crippen molar-refractivity contribution in [3.05, 3.63) is 64.1 Å². The number of carbonyl (C=O) groups excluding carboxylic acids is 3. The van der Waals surface area contributed by atoms with Crippen LogP contribution in [0.2, 0.25) is 0 Å². The highest BCUT2D eigenvalue weighted by Gasteiger charge is 2.48. The molecule has 1 aliphatic rings. The molecule has 0 bridgehead atoms. The number of carboxylic acids is 1. The molecule has 2 aromatic carbocycles. The number of hydrogen-bond donors (Lipinski definition) is 4. The zero-order chi connectivity index (χ0) is 21.9. The van der Waals surface area contributed by atoms with Gasteiger partial charge in [-0.15, -0.1) is 0 Å². The van der Waals surface area contributed by atoms with Crippen molar-refractivity contribution in [2.45, 2.75) is 25.3 Å². The molecule has 10 heteroatoms. The van der Waals surface area contributed by atoms with Crippen LogP contribution in [0.5, 0.6) is 0 Å². The van der Waals surface area contributed by atoms with Crippen LogP contribution in [0.3, 0.4) is 0 Å². The van der Waals surface area contributed by atoms with E-state index in [0.717, 1.165) is 10.0 Å². The number of imide groups is 1. The van der Waals surface area contributed by atoms with Crippen LogP contribution >= 0.6 is 15.9 Å². The van der Waals surface area contributed by atoms with Crippen molar-refractivity contribution < 1.29 is 24.3 Å². The van der Waals surface area contributed by atoms with Gasteiger partial charge in [0.1, 0.15) is 5.54 Å². The summed E-state index contributed by atoms with van der Waals surface area (Å²) < 4.78 is 0.843. The van der Waals surface area contributed by atoms with E-state index in [0.29, 0.717) is 17.1 Å². The molecule has 1 saturated heterocycles. The number of amides is 5. The summed E-state index contributed by atoms with van der Waals surface area (Å²) >= 11 is 3.29. The Labute approximate surface area is 180 Å². The Bertz CT molecular complexity index is 993. The lowest BCUT2D eigenvalue weighted by Crippen LogP contribution is -2.50. The highest BCUT2D eigenvalue weighted by Crippen LogP contribution is 2.22. The number of carbonyl (C=O) groups is 4. The maximum atomic E-state index is 12.8. The predicted octanol–water partition coefficient (Wildman–Crippen LogP) is 3.13. The smallest absolute Gasteiger partial charge is 0.344 e. The van der Waals surface area contributed by atoms with Gasteiger partial charge in [0.2, 0.25) is 0 Å². The van der Waals surface area contributed by atoms with Crippen LogP contribution in [0.1, 0.15) is 29.3 Å². The van der Waals surface area contributed by atoms with Gasteiger partial charge in [-0.1, -0.05) is 28.1 Å². The standard InChI is InChI=1S/C20H19BrN4O5/c1-20(11-10-12-2-4-13(5-3-12)16(26)27)17(28)25(19(30)23-20)24-18(29)22-15-8-6-14(21)7-9-15/h2-9H,10-11H2,1H3,(H,23,30)(H,26,27)(H2,22,24,29). The molecule has 1 atom stereocenters. The molecule has 1 heterocycles. The Balaban J connectivity index is 1.60. The summed E-state index contributed by atoms with van der Waals surface area (Å²) in [6.45, 7) is 1.58. The number of aryl methyl sites for hydroxylation is 1. The normalized spacial score (nSPS) is 18.1. The van der Waals surface area contributed by atoms with Gasteiger partial charge >= 0.3 is 18.0 Å². The molecule has 0 aliphatic carbocycles. The Hall–Kier alpha value is -3.40. The van der Waals surface area contributed by atoms with Crippen LogP contribution < -0.4 is 16.1 Å². The third-order valence-corrected chi connectivity index (χ3v) is 5.22. The van der Waals surface area contributed by atoms with Crippen LogP contribution in [0, 0.1) is 0 Å². The Morgan fingerprint density at radius 1 is 1.10 bits per heavy atom. The fourth-order valence-electron chi connectivity index (χ4n) is 2.96. The summed E-state index contributed by atoms with van der Waals surface area (Å²) in [6.07, 6.45) is 0.706. The molecule has 3 rings (SSSR count). The van der Waals surface area contributed by atoms with Gasteiger partial charge in [-0.25, -0.2) is 19.8 Å². The zero-order valence-corrected chi connectivity index (χ0v) is 17.5. The second kappa shape index (κ2) is 8.54. The lowest BCUT2D eigenvalue weighted by atomic mass is 9.93. The largest absolute Gasteiger partial charge is 0.478 e. The molecule has 0 spiro atoms. The second-order valence-corrected chi connectivity index (χ2v) is 7.89. The third kappa shape index (κ3) is 4.77. The van der Waals surface area contributed by atoms with Crippen molar-refractivity contribution in [1.29, 1.82) is 0 Å². The first-order chi connectivity index (χ1) is 14.2. The van der Waals surface area contributed by atoms with Gasteiger partial charge in [0.25, 0.3) is 5.91 Å². The van der Waals surface area contributed by atoms with Gasteiger partial charge in [-0.2, -0.15) is 5.01 Å². The first-order valence-corrected chi connectivity index (χ1v) is 9.79. The maximum absolute atomic E-state index is 12.8. The number of anilines is 1. The van der Waals surface area contributed by atoms with Crippen LogP contribution in [0.15, 0.2) is 53.0 Å². The van der Waals surface area contributed by atoms with Gasteiger partial charge < -0.3 is 15.7 Å². The SMILES string of the molecule is CC1(CCc2ccc(C(=O)O)cc2)NC(=O)N(NC(=O)Nc2ccc(Br)cc2)C1=O. The van der Waals surface area contributed by atoms with Crippen molar-refractivity contribution in [3.63, 3.8) is 0 Å². The number of hydrogen-bond acceptors (Lipinski definition) is 4. The number of hydrazine groups is 1. The highest BCUT2D eigenvalue weighted by molar-refractivity contribution is 9.10. The molecule has 30 heavy (non-hydrogen) atoms. The van der Waals surface area contributed by atoms with Crippen molar-refractivity contribution in [3.8, 4) is 0 Å². The summed E-state index contributed by atoms with van der Waals surface area (Å²) in [7, 11) is 0. The van der Waals surface area contributed by atoms with E-state index in [1.807, 2.05) is 0 Å². The van der Waals surface area contributed by atoms with Crippen molar-refractivity contribution >= 4 is 45.6 Å². The molecule has 9 nitrogen and oxygen atoms in total. The number of urea groups is 2. The number of carboxylic acid groups (broad SMARTS) is 1. The quantitative estimate of drug-likeness (QED) is 0.478. The van der Waals surface area contributed by atoms with E-state index in [-0.39, 0.29) is 12.0 Å². The summed E-state index contributed by atoms with van der Waals surface area (Å²) in [5.74, 6) is -1.60. The molecule has 0 radical (unpaired) electrons. The topological polar surface area (TPSA) is 128 Å². The Morgan fingerprint density at radius 3 is 2.33 bits per heavy atom. The van der Waals surface area contributed by atoms with Gasteiger partial charge in [0.15, 0.2) is 0 Å². The summed E-state index contributed by atoms with van der Waals surface area (Å²) in [5, 5.41) is 14.7. The van der Waals surface area contributed by atoms with E-state index in [2.05, 4.69) is 32.0 Å². The van der Waals surface area contributed by atoms with E-state index in [1.165, 1.54) is 12.1 Å². The number of halogens is 1. The average molecular weight is 475 g/mol. The van der Waals surface area contributed by atoms with Crippen LogP contribution in [-0.4, -0.2) is 39.6 Å². The summed E-state index contributed by atoms with van der Waals surface area (Å²) in [6, 6.07) is 11.6. The van der Waals surface area contributed by atoms with E-state index in [1.54, 1.807) is 43.3 Å². The van der Waals surface area contributed by atoms with Crippen molar-refractivity contribution in [2.75, 3.05) is 5.32 Å². The number of rotatable bonds is 6. The van der Waals surface area contributed by atoms with Gasteiger partial charge in [0.05, 0.1) is 5.56 Å². The van der Waals surface area contributed by atoms with E-state index >= 15 is 0 Å². The molecule has 0 aromatic heterocycles. The Morgan fingerprint density at radius 2 is 1.73 bits per heavy atom. The van der Waals surface area contributed by atoms with Gasteiger partial charge in [0, 0.05) is 10.2 Å². The highest BCUT2D eigenvalue weighted by atomic mass is 79.9. The predicted molar refractivity (Wildman–Crippen MR) is 112 cm³/mol. The second-order valence-electron chi connectivity index (χ2n) is 6.98. The molecular formula is C20H19BrN4O5. The molecule has 156 valence electrons. The molecule has 1 aliphatic heterocycles. The van der Waals surface area contributed by atoms with Crippen LogP contribution in [0.25, 0.3) is 0 Å². The first-order valence-electron chi connectivity index (χ1n) is 9.00. The minimum Gasteiger partial charge on any atom is -0.478 e. The molecule has 4 N–H and O–H groups in total. The lowest BCUT2D eigenvalue weighted by Gasteiger charge is -2.21. The van der Waals surface area contributed by atoms with Crippen LogP contribution in [-0.2, 0) is 11.2 Å². The molecule has 5 amide bonds. The monoisotopic (exact) mass is 474 g/mol. The first kappa shape index (κ1) is 21.3. The van der Waals surface area contributed by atoms with E-state index in [4.69, 9.17) is 5.11 Å². The maximum Gasteiger partial charge on any atom is 0.344 e. The third-order valence-electron chi connectivity index (χ3n) is 4.69. The number of nitrogens with zero attached hydrogens (tertiary/aromatic N) is 1. The minimum absolute atomic E-state index is 0.169. The molecule has 2 aromatic rings. The zero-order valence-electron chi connectivity index (χ0n) is 15.9. The minimum atomic E-state index is -1.20. The van der Waals surface area contributed by atoms with Gasteiger partial charge in [-0.3, -0.25) is 4.79 Å². The summed E-state index contributed by atoms with van der Waals surface area (Å²) in [4.78, 5) is 48.1. The van der Waals surface area contributed by atoms with Gasteiger partial charge in [-0.05, 0) is 61.7 Å². The summed E-state index contributed by atoms with van der Waals surface area (Å²) in [5.41, 5.74) is 2.55. The van der Waals surface area contributed by atoms with Crippen molar-refractivity contribution in [1.82, 2.24) is 15.8 Å². The van der Waals surface area contributed by atoms with Crippen LogP contribution in [0.4, 0.5) is 15.3 Å². The van der Waals surface area contributed by atoms with E-state index in [9.17, 15) is 19.2 Å². The molecule has 0 saturated carbocycles. The molecular weight excluding hydrogens is 456 g/mol.